The first-order chi connectivity index (χ1) is 12.2. The molecule has 0 saturated carbocycles. The van der Waals surface area contributed by atoms with Crippen molar-refractivity contribution in [3.8, 4) is 5.75 Å². The van der Waals surface area contributed by atoms with Crippen molar-refractivity contribution in [1.82, 2.24) is 4.90 Å². The van der Waals surface area contributed by atoms with Crippen LogP contribution in [-0.2, 0) is 16.0 Å². The fraction of sp³-hybridized carbons (Fsp3) is 0.579. The summed E-state index contributed by atoms with van der Waals surface area (Å²) in [7, 11) is 2.48. The third-order valence-corrected chi connectivity index (χ3v) is 5.15. The average Bonchev–Trinajstić information content (AvgIpc) is 2.57. The van der Waals surface area contributed by atoms with E-state index in [0.717, 1.165) is 36.3 Å². The zero-order valence-electron chi connectivity index (χ0n) is 15.7. The van der Waals surface area contributed by atoms with Gasteiger partial charge in [-0.3, -0.25) is 9.46 Å². The summed E-state index contributed by atoms with van der Waals surface area (Å²) in [5.74, 6) is 0.943. The number of rotatable bonds is 2. The number of piperidine rings is 1. The van der Waals surface area contributed by atoms with E-state index in [1.54, 1.807) is 9.57 Å². The molecule has 1 unspecified atom stereocenters. The molecule has 1 aromatic carbocycles. The van der Waals surface area contributed by atoms with Crippen LogP contribution in [-0.4, -0.2) is 41.7 Å². The molecule has 7 heteroatoms. The number of hydrogen-bond acceptors (Lipinski definition) is 4. The largest absolute Gasteiger partial charge is 0.490 e. The number of nitrogens with zero attached hydrogens (tertiary/aromatic N) is 2. The number of carbonyl (C=O) groups is 2. The van der Waals surface area contributed by atoms with Crippen molar-refractivity contribution in [3.05, 3.63) is 23.8 Å². The standard InChI is InChI=1S/C19H27N2O4P/c1-19(2,3)25-18(23)20-10-8-14(9-11-20)24-15-5-6-16-13(12-15)4-7-17(22)21(16)26/h5-6,12,14H,4,7-11,26H2,1-3H3. The van der Waals surface area contributed by atoms with E-state index in [4.69, 9.17) is 9.47 Å². The molecule has 0 N–H and O–H groups in total. The Balaban J connectivity index is 1.55. The molecule has 0 aliphatic carbocycles. The Hall–Kier alpha value is -1.81. The number of carbonyl (C=O) groups excluding carboxylic acids is 2. The van der Waals surface area contributed by atoms with Gasteiger partial charge in [-0.1, -0.05) is 0 Å². The van der Waals surface area contributed by atoms with E-state index >= 15 is 0 Å². The minimum absolute atomic E-state index is 0.0871. The summed E-state index contributed by atoms with van der Waals surface area (Å²) in [6.07, 6.45) is 2.66. The molecule has 0 radical (unpaired) electrons. The quantitative estimate of drug-likeness (QED) is 0.739. The van der Waals surface area contributed by atoms with Crippen molar-refractivity contribution in [2.45, 2.75) is 58.2 Å². The van der Waals surface area contributed by atoms with E-state index in [-0.39, 0.29) is 18.1 Å². The lowest BCUT2D eigenvalue weighted by molar-refractivity contribution is -0.117. The van der Waals surface area contributed by atoms with Gasteiger partial charge in [-0.2, -0.15) is 0 Å². The lowest BCUT2D eigenvalue weighted by Gasteiger charge is -2.33. The second kappa shape index (κ2) is 7.43. The maximum atomic E-state index is 12.1. The van der Waals surface area contributed by atoms with Gasteiger partial charge >= 0.3 is 6.09 Å². The normalized spacial score (nSPS) is 18.5. The highest BCUT2D eigenvalue weighted by Crippen LogP contribution is 2.33. The van der Waals surface area contributed by atoms with Crippen LogP contribution in [0.3, 0.4) is 0 Å². The van der Waals surface area contributed by atoms with Crippen LogP contribution in [0, 0.1) is 0 Å². The van der Waals surface area contributed by atoms with Crippen molar-refractivity contribution in [1.29, 1.82) is 0 Å². The summed E-state index contributed by atoms with van der Waals surface area (Å²) >= 11 is 0. The maximum absolute atomic E-state index is 12.1. The molecule has 2 aliphatic rings. The predicted octanol–water partition coefficient (Wildman–Crippen LogP) is 3.53. The molecule has 2 amide bonds. The van der Waals surface area contributed by atoms with Crippen LogP contribution in [0.15, 0.2) is 18.2 Å². The average molecular weight is 378 g/mol. The number of likely N-dealkylation sites (tertiary alicyclic amines) is 1. The topological polar surface area (TPSA) is 59.1 Å². The van der Waals surface area contributed by atoms with Crippen LogP contribution < -0.4 is 9.41 Å². The number of amides is 2. The zero-order valence-corrected chi connectivity index (χ0v) is 16.8. The Morgan fingerprint density at radius 2 is 1.88 bits per heavy atom. The minimum Gasteiger partial charge on any atom is -0.490 e. The SMILES string of the molecule is CC(C)(C)OC(=O)N1CCC(Oc2ccc3c(c2)CCC(=O)N3P)CC1. The minimum atomic E-state index is -0.472. The molecule has 0 spiro atoms. The van der Waals surface area contributed by atoms with Gasteiger partial charge in [-0.05, 0) is 60.3 Å². The monoisotopic (exact) mass is 378 g/mol. The maximum Gasteiger partial charge on any atom is 0.410 e. The molecule has 1 fully saturated rings. The Kier molecular flexibility index (Phi) is 5.42. The molecule has 2 heterocycles. The van der Waals surface area contributed by atoms with Crippen molar-refractivity contribution in [2.24, 2.45) is 0 Å². The molecule has 6 nitrogen and oxygen atoms in total. The first-order valence-corrected chi connectivity index (χ1v) is 9.60. The van der Waals surface area contributed by atoms with E-state index < -0.39 is 5.60 Å². The van der Waals surface area contributed by atoms with Crippen LogP contribution in [0.1, 0.15) is 45.6 Å². The molecule has 1 atom stereocenters. The second-order valence-corrected chi connectivity index (χ2v) is 8.36. The summed E-state index contributed by atoms with van der Waals surface area (Å²) < 4.78 is 13.2. The second-order valence-electron chi connectivity index (χ2n) is 7.84. The zero-order chi connectivity index (χ0) is 18.9. The fourth-order valence-electron chi connectivity index (χ4n) is 3.24. The molecule has 0 aromatic heterocycles. The van der Waals surface area contributed by atoms with Crippen LogP contribution >= 0.6 is 9.39 Å². The lowest BCUT2D eigenvalue weighted by atomic mass is 10.0. The Labute approximate surface area is 157 Å². The molecular weight excluding hydrogens is 351 g/mol. The number of anilines is 1. The van der Waals surface area contributed by atoms with Gasteiger partial charge in [0, 0.05) is 32.4 Å². The molecule has 142 valence electrons. The fourth-order valence-corrected chi connectivity index (χ4v) is 3.62. The van der Waals surface area contributed by atoms with Gasteiger partial charge < -0.3 is 14.4 Å². The number of aryl methyl sites for hydroxylation is 1. The number of hydrogen-bond donors (Lipinski definition) is 0. The summed E-state index contributed by atoms with van der Waals surface area (Å²) in [6.45, 7) is 6.90. The first kappa shape index (κ1) is 19.0. The van der Waals surface area contributed by atoms with Gasteiger partial charge in [-0.15, -0.1) is 0 Å². The van der Waals surface area contributed by atoms with Crippen molar-refractivity contribution >= 4 is 27.1 Å². The van der Waals surface area contributed by atoms with E-state index in [9.17, 15) is 9.59 Å². The molecule has 1 aromatic rings. The Morgan fingerprint density at radius 1 is 1.19 bits per heavy atom. The smallest absolute Gasteiger partial charge is 0.410 e. The highest BCUT2D eigenvalue weighted by atomic mass is 31.0. The Bertz CT molecular complexity index is 693. The highest BCUT2D eigenvalue weighted by Gasteiger charge is 2.28. The number of benzene rings is 1. The first-order valence-electron chi connectivity index (χ1n) is 9.08. The summed E-state index contributed by atoms with van der Waals surface area (Å²) in [4.78, 5) is 25.6. The summed E-state index contributed by atoms with van der Waals surface area (Å²) in [5.41, 5.74) is 1.59. The van der Waals surface area contributed by atoms with Crippen LogP contribution in [0.4, 0.5) is 10.5 Å². The van der Waals surface area contributed by atoms with Gasteiger partial charge in [0.15, 0.2) is 0 Å². The molecule has 26 heavy (non-hydrogen) atoms. The van der Waals surface area contributed by atoms with Gasteiger partial charge in [0.05, 0.1) is 5.69 Å². The van der Waals surface area contributed by atoms with Crippen LogP contribution in [0.5, 0.6) is 5.75 Å². The van der Waals surface area contributed by atoms with Crippen molar-refractivity contribution in [3.63, 3.8) is 0 Å². The Morgan fingerprint density at radius 3 is 2.54 bits per heavy atom. The highest BCUT2D eigenvalue weighted by molar-refractivity contribution is 7.21. The number of fused-ring (bicyclic) bond motifs is 1. The van der Waals surface area contributed by atoms with Gasteiger partial charge in [0.1, 0.15) is 17.5 Å². The van der Waals surface area contributed by atoms with Gasteiger partial charge in [-0.25, -0.2) is 4.79 Å². The van der Waals surface area contributed by atoms with E-state index in [0.29, 0.717) is 19.5 Å². The summed E-state index contributed by atoms with van der Waals surface area (Å²) in [6, 6.07) is 5.87. The summed E-state index contributed by atoms with van der Waals surface area (Å²) in [5, 5.41) is 0. The predicted molar refractivity (Wildman–Crippen MR) is 103 cm³/mol. The molecule has 0 bridgehead atoms. The van der Waals surface area contributed by atoms with Gasteiger partial charge in [0.25, 0.3) is 0 Å². The lowest BCUT2D eigenvalue weighted by Crippen LogP contribution is -2.44. The molecule has 3 rings (SSSR count). The molecule has 1 saturated heterocycles. The van der Waals surface area contributed by atoms with Crippen LogP contribution in [0.2, 0.25) is 0 Å². The van der Waals surface area contributed by atoms with Crippen LogP contribution in [0.25, 0.3) is 0 Å². The molecular formula is C19H27N2O4P. The molecule has 2 aliphatic heterocycles. The van der Waals surface area contributed by atoms with E-state index in [1.165, 1.54) is 0 Å². The third kappa shape index (κ3) is 4.47. The van der Waals surface area contributed by atoms with E-state index in [2.05, 4.69) is 9.39 Å². The van der Waals surface area contributed by atoms with Gasteiger partial charge in [0.2, 0.25) is 5.91 Å². The third-order valence-electron chi connectivity index (χ3n) is 4.58. The van der Waals surface area contributed by atoms with Crippen molar-refractivity contribution < 1.29 is 19.1 Å². The van der Waals surface area contributed by atoms with Crippen molar-refractivity contribution in [2.75, 3.05) is 17.8 Å². The van der Waals surface area contributed by atoms with E-state index in [1.807, 2.05) is 39.0 Å². The number of ether oxygens (including phenoxy) is 2.